The molecule has 0 N–H and O–H groups in total. The van der Waals surface area contributed by atoms with Crippen LogP contribution in [0.5, 0.6) is 0 Å². The standard InChI is InChI=1S/C20H17NO/c22-20(17-9-5-2-6-10-17)18-12-14-19(21-15-18)13-11-16-7-3-1-4-8-16/h1-14,18H,15H2/b13-11+/t18-/m0/s1. The van der Waals surface area contributed by atoms with Gasteiger partial charge >= 0.3 is 0 Å². The average molecular weight is 287 g/mol. The van der Waals surface area contributed by atoms with Gasteiger partial charge in [-0.2, -0.15) is 0 Å². The molecule has 0 radical (unpaired) electrons. The van der Waals surface area contributed by atoms with Crippen LogP contribution in [0.15, 0.2) is 83.9 Å². The van der Waals surface area contributed by atoms with Crippen LogP contribution in [0.25, 0.3) is 6.08 Å². The van der Waals surface area contributed by atoms with Gasteiger partial charge in [0.1, 0.15) is 0 Å². The summed E-state index contributed by atoms with van der Waals surface area (Å²) in [7, 11) is 0. The molecule has 0 bridgehead atoms. The number of ketones is 1. The van der Waals surface area contributed by atoms with Gasteiger partial charge in [0.2, 0.25) is 0 Å². The van der Waals surface area contributed by atoms with E-state index in [1.54, 1.807) is 0 Å². The van der Waals surface area contributed by atoms with Crippen molar-refractivity contribution in [2.75, 3.05) is 6.54 Å². The molecule has 0 unspecified atom stereocenters. The third-order valence-corrected chi connectivity index (χ3v) is 3.61. The molecule has 22 heavy (non-hydrogen) atoms. The zero-order chi connectivity index (χ0) is 15.2. The highest BCUT2D eigenvalue weighted by Gasteiger charge is 2.18. The summed E-state index contributed by atoms with van der Waals surface area (Å²) < 4.78 is 0. The second kappa shape index (κ2) is 6.81. The average Bonchev–Trinajstić information content (AvgIpc) is 2.61. The predicted molar refractivity (Wildman–Crippen MR) is 91.2 cm³/mol. The zero-order valence-corrected chi connectivity index (χ0v) is 12.2. The first-order valence-corrected chi connectivity index (χ1v) is 7.38. The van der Waals surface area contributed by atoms with E-state index in [0.717, 1.165) is 16.8 Å². The monoisotopic (exact) mass is 287 g/mol. The van der Waals surface area contributed by atoms with Gasteiger partial charge in [-0.1, -0.05) is 72.8 Å². The summed E-state index contributed by atoms with van der Waals surface area (Å²) in [5.41, 5.74) is 2.79. The van der Waals surface area contributed by atoms with E-state index >= 15 is 0 Å². The smallest absolute Gasteiger partial charge is 0.171 e. The molecule has 108 valence electrons. The van der Waals surface area contributed by atoms with Crippen molar-refractivity contribution in [2.24, 2.45) is 10.9 Å². The minimum atomic E-state index is -0.156. The van der Waals surface area contributed by atoms with Crippen LogP contribution in [-0.4, -0.2) is 18.0 Å². The molecule has 1 aliphatic rings. The molecule has 0 amide bonds. The van der Waals surface area contributed by atoms with Gasteiger partial charge in [-0.15, -0.1) is 0 Å². The van der Waals surface area contributed by atoms with Crippen molar-refractivity contribution in [1.29, 1.82) is 0 Å². The first-order valence-electron chi connectivity index (χ1n) is 7.38. The van der Waals surface area contributed by atoms with Crippen LogP contribution in [0.1, 0.15) is 15.9 Å². The van der Waals surface area contributed by atoms with E-state index < -0.39 is 0 Å². The lowest BCUT2D eigenvalue weighted by molar-refractivity contribution is 0.0948. The van der Waals surface area contributed by atoms with Crippen molar-refractivity contribution in [3.05, 3.63) is 90.0 Å². The number of carbonyl (C=O) groups excluding carboxylic acids is 1. The number of benzene rings is 2. The molecule has 0 saturated heterocycles. The Balaban J connectivity index is 1.64. The highest BCUT2D eigenvalue weighted by atomic mass is 16.1. The SMILES string of the molecule is O=C(c1ccccc1)[C@H]1C=CC(/C=C/c2ccccc2)=NC1. The summed E-state index contributed by atoms with van der Waals surface area (Å²) in [5, 5.41) is 0. The predicted octanol–water partition coefficient (Wildman–Crippen LogP) is 4.21. The fourth-order valence-electron chi connectivity index (χ4n) is 2.37. The number of nitrogens with zero attached hydrogens (tertiary/aromatic N) is 1. The van der Waals surface area contributed by atoms with Crippen molar-refractivity contribution in [2.45, 2.75) is 0 Å². The molecule has 2 heteroatoms. The van der Waals surface area contributed by atoms with Crippen LogP contribution in [0.4, 0.5) is 0 Å². The molecule has 1 heterocycles. The molecule has 0 aliphatic carbocycles. The second-order valence-electron chi connectivity index (χ2n) is 5.21. The Morgan fingerprint density at radius 2 is 1.64 bits per heavy atom. The topological polar surface area (TPSA) is 29.4 Å². The van der Waals surface area contributed by atoms with Gasteiger partial charge in [0.05, 0.1) is 18.2 Å². The number of dihydropyridines is 1. The van der Waals surface area contributed by atoms with Gasteiger partial charge in [0.15, 0.2) is 5.78 Å². The van der Waals surface area contributed by atoms with Gasteiger partial charge in [0, 0.05) is 5.56 Å². The fraction of sp³-hybridized carbons (Fsp3) is 0.100. The van der Waals surface area contributed by atoms with Crippen LogP contribution in [0, 0.1) is 5.92 Å². The van der Waals surface area contributed by atoms with Crippen LogP contribution in [-0.2, 0) is 0 Å². The molecule has 3 rings (SSSR count). The third-order valence-electron chi connectivity index (χ3n) is 3.61. The van der Waals surface area contributed by atoms with Gasteiger partial charge in [0.25, 0.3) is 0 Å². The molecule has 1 atom stereocenters. The van der Waals surface area contributed by atoms with Gasteiger partial charge in [-0.3, -0.25) is 9.79 Å². The molecular formula is C20H17NO. The first kappa shape index (κ1) is 14.2. The maximum Gasteiger partial charge on any atom is 0.171 e. The van der Waals surface area contributed by atoms with Crippen LogP contribution in [0.3, 0.4) is 0 Å². The molecule has 2 aromatic rings. The number of allylic oxidation sites excluding steroid dienone is 2. The Kier molecular flexibility index (Phi) is 4.40. The Labute approximate surface area is 130 Å². The van der Waals surface area contributed by atoms with Crippen molar-refractivity contribution in [3.8, 4) is 0 Å². The van der Waals surface area contributed by atoms with E-state index in [1.807, 2.05) is 85.0 Å². The normalized spacial score (nSPS) is 17.5. The third kappa shape index (κ3) is 3.47. The number of hydrogen-bond donors (Lipinski definition) is 0. The van der Waals surface area contributed by atoms with Crippen LogP contribution >= 0.6 is 0 Å². The highest BCUT2D eigenvalue weighted by molar-refractivity contribution is 6.08. The van der Waals surface area contributed by atoms with Gasteiger partial charge in [-0.25, -0.2) is 0 Å². The number of carbonyl (C=O) groups is 1. The summed E-state index contributed by atoms with van der Waals surface area (Å²) in [6.45, 7) is 0.513. The molecule has 2 nitrogen and oxygen atoms in total. The molecule has 0 fully saturated rings. The number of hydrogen-bond acceptors (Lipinski definition) is 2. The summed E-state index contributed by atoms with van der Waals surface area (Å²) in [6.07, 6.45) is 7.89. The Morgan fingerprint density at radius 3 is 2.27 bits per heavy atom. The Morgan fingerprint density at radius 1 is 0.955 bits per heavy atom. The lowest BCUT2D eigenvalue weighted by atomic mass is 9.95. The van der Waals surface area contributed by atoms with Crippen molar-refractivity contribution in [1.82, 2.24) is 0 Å². The maximum absolute atomic E-state index is 12.3. The number of rotatable bonds is 4. The van der Waals surface area contributed by atoms with E-state index in [1.165, 1.54) is 0 Å². The van der Waals surface area contributed by atoms with E-state index in [0.29, 0.717) is 6.54 Å². The fourth-order valence-corrected chi connectivity index (χ4v) is 2.37. The second-order valence-corrected chi connectivity index (χ2v) is 5.21. The minimum absolute atomic E-state index is 0.131. The number of aliphatic imine (C=N–C) groups is 1. The van der Waals surface area contributed by atoms with Gasteiger partial charge < -0.3 is 0 Å². The van der Waals surface area contributed by atoms with Gasteiger partial charge in [-0.05, 0) is 17.7 Å². The van der Waals surface area contributed by atoms with E-state index in [4.69, 9.17) is 0 Å². The summed E-state index contributed by atoms with van der Waals surface area (Å²) in [6, 6.07) is 19.5. The molecule has 1 aliphatic heterocycles. The number of Topliss-reactive ketones (excluding diaryl/α,β-unsaturated/α-hetero) is 1. The molecule has 0 saturated carbocycles. The summed E-state index contributed by atoms with van der Waals surface area (Å²) in [5.74, 6) is -0.0250. The van der Waals surface area contributed by atoms with E-state index in [2.05, 4.69) is 4.99 Å². The van der Waals surface area contributed by atoms with Crippen molar-refractivity contribution in [3.63, 3.8) is 0 Å². The zero-order valence-electron chi connectivity index (χ0n) is 12.2. The highest BCUT2D eigenvalue weighted by Crippen LogP contribution is 2.15. The quantitative estimate of drug-likeness (QED) is 0.775. The maximum atomic E-state index is 12.3. The Hall–Kier alpha value is -2.74. The molecule has 0 spiro atoms. The van der Waals surface area contributed by atoms with Crippen molar-refractivity contribution < 1.29 is 4.79 Å². The molecule has 0 aromatic heterocycles. The van der Waals surface area contributed by atoms with Crippen LogP contribution < -0.4 is 0 Å². The van der Waals surface area contributed by atoms with Crippen LogP contribution in [0.2, 0.25) is 0 Å². The largest absolute Gasteiger partial charge is 0.293 e. The lowest BCUT2D eigenvalue weighted by Gasteiger charge is -2.13. The first-order chi connectivity index (χ1) is 10.8. The lowest BCUT2D eigenvalue weighted by Crippen LogP contribution is -2.19. The Bertz CT molecular complexity index is 727. The summed E-state index contributed by atoms with van der Waals surface area (Å²) in [4.78, 5) is 16.8. The van der Waals surface area contributed by atoms with E-state index in [-0.39, 0.29) is 11.7 Å². The minimum Gasteiger partial charge on any atom is -0.293 e. The van der Waals surface area contributed by atoms with Crippen molar-refractivity contribution >= 4 is 17.6 Å². The molecule has 2 aromatic carbocycles. The van der Waals surface area contributed by atoms with E-state index in [9.17, 15) is 4.79 Å². The molecular weight excluding hydrogens is 270 g/mol. The summed E-state index contributed by atoms with van der Waals surface area (Å²) >= 11 is 0.